The molecule has 0 fully saturated rings. The largest absolute Gasteiger partial charge is 0.444 e. The molecule has 6 nitrogen and oxygen atoms in total. The Kier molecular flexibility index (Phi) is 9.72. The second kappa shape index (κ2) is 12.9. The van der Waals surface area contributed by atoms with Gasteiger partial charge in [0.05, 0.1) is 28.4 Å². The van der Waals surface area contributed by atoms with Crippen LogP contribution in [0.5, 0.6) is 0 Å². The number of carbonyl (C=O) groups is 2. The van der Waals surface area contributed by atoms with E-state index in [0.717, 1.165) is 40.3 Å². The molecule has 0 atom stereocenters. The average molecular weight is 624 g/mol. The zero-order valence-corrected chi connectivity index (χ0v) is 24.9. The molecule has 0 radical (unpaired) electrons. The van der Waals surface area contributed by atoms with Crippen molar-refractivity contribution < 1.29 is 32.0 Å². The summed E-state index contributed by atoms with van der Waals surface area (Å²) in [5.74, 6) is -0.515. The van der Waals surface area contributed by atoms with Gasteiger partial charge in [-0.1, -0.05) is 34.3 Å². The van der Waals surface area contributed by atoms with E-state index in [4.69, 9.17) is 16.3 Å². The number of rotatable bonds is 6. The molecule has 4 rings (SSSR count). The molecular weight excluding hydrogens is 594 g/mol. The number of fused-ring (bicyclic) bond motifs is 1. The summed E-state index contributed by atoms with van der Waals surface area (Å²) >= 11 is 8.06. The van der Waals surface area contributed by atoms with E-state index in [2.05, 4.69) is 4.98 Å². The maximum absolute atomic E-state index is 14.6. The van der Waals surface area contributed by atoms with E-state index in [-0.39, 0.29) is 22.3 Å². The van der Waals surface area contributed by atoms with Crippen molar-refractivity contribution in [2.24, 2.45) is 0 Å². The number of aromatic nitrogens is 1. The van der Waals surface area contributed by atoms with Gasteiger partial charge in [0.25, 0.3) is 5.91 Å². The molecule has 1 aliphatic rings. The molecular formula is C30H30ClF4N3O3S. The third-order valence-electron chi connectivity index (χ3n) is 6.50. The molecule has 1 aromatic heterocycles. The molecule has 1 aliphatic heterocycles. The van der Waals surface area contributed by atoms with Crippen LogP contribution in [0.15, 0.2) is 59.6 Å². The van der Waals surface area contributed by atoms with E-state index < -0.39 is 29.8 Å². The van der Waals surface area contributed by atoms with Gasteiger partial charge in [-0.15, -0.1) is 11.8 Å². The molecule has 12 heteroatoms. The van der Waals surface area contributed by atoms with Gasteiger partial charge in [0.1, 0.15) is 5.60 Å². The highest BCUT2D eigenvalue weighted by molar-refractivity contribution is 7.98. The van der Waals surface area contributed by atoms with E-state index in [1.54, 1.807) is 11.0 Å². The fourth-order valence-electron chi connectivity index (χ4n) is 4.38. The summed E-state index contributed by atoms with van der Waals surface area (Å²) in [5.41, 5.74) is 1.61. The smallest absolute Gasteiger partial charge is 0.416 e. The third-order valence-corrected chi connectivity index (χ3v) is 8.13. The fraction of sp³-hybridized carbons (Fsp3) is 0.367. The van der Waals surface area contributed by atoms with Crippen molar-refractivity contribution in [3.63, 3.8) is 0 Å². The van der Waals surface area contributed by atoms with Crippen molar-refractivity contribution in [3.05, 3.63) is 93.3 Å². The summed E-state index contributed by atoms with van der Waals surface area (Å²) in [6, 6.07) is 10.8. The highest BCUT2D eigenvalue weighted by Gasteiger charge is 2.30. The molecule has 0 unspecified atom stereocenters. The number of pyridine rings is 1. The first-order valence-corrected chi connectivity index (χ1v) is 14.6. The van der Waals surface area contributed by atoms with Gasteiger partial charge in [0.15, 0.2) is 0 Å². The van der Waals surface area contributed by atoms with Gasteiger partial charge in [0, 0.05) is 29.9 Å². The Labute approximate surface area is 250 Å². The van der Waals surface area contributed by atoms with Crippen molar-refractivity contribution in [2.75, 3.05) is 13.1 Å². The van der Waals surface area contributed by atoms with Crippen LogP contribution in [0.3, 0.4) is 0 Å². The maximum Gasteiger partial charge on any atom is 0.416 e. The standard InChI is InChI=1S/C30H30ClF4N3O3S/c1-29(2,3)41-28(40)37-14-12-20-7-11-25(31)26(24(20)13-15-37)42-18-23-10-6-21(16-36-23)27(39)38(35)17-19-4-8-22(9-5-19)30(32,33)34/h4-11,16H,12-15,17-18H2,1-3H3. The Morgan fingerprint density at radius 2 is 1.71 bits per heavy atom. The Morgan fingerprint density at radius 3 is 2.33 bits per heavy atom. The summed E-state index contributed by atoms with van der Waals surface area (Å²) in [6.45, 7) is 6.03. The molecule has 2 aromatic carbocycles. The van der Waals surface area contributed by atoms with Gasteiger partial charge in [-0.3, -0.25) is 9.78 Å². The normalized spacial score (nSPS) is 13.8. The van der Waals surface area contributed by atoms with E-state index in [9.17, 15) is 27.2 Å². The topological polar surface area (TPSA) is 62.7 Å². The first-order valence-electron chi connectivity index (χ1n) is 13.2. The summed E-state index contributed by atoms with van der Waals surface area (Å²) in [5, 5.41) is 0.528. The summed E-state index contributed by atoms with van der Waals surface area (Å²) in [4.78, 5) is 32.0. The molecule has 0 saturated heterocycles. The van der Waals surface area contributed by atoms with Gasteiger partial charge >= 0.3 is 12.3 Å². The Hall–Kier alpha value is -3.31. The minimum Gasteiger partial charge on any atom is -0.444 e. The number of nitrogens with zero attached hydrogens (tertiary/aromatic N) is 3. The summed E-state index contributed by atoms with van der Waals surface area (Å²) in [7, 11) is 0. The van der Waals surface area contributed by atoms with E-state index in [1.165, 1.54) is 24.0 Å². The summed E-state index contributed by atoms with van der Waals surface area (Å²) < 4.78 is 58.3. The number of amides is 2. The van der Waals surface area contributed by atoms with Crippen molar-refractivity contribution in [2.45, 2.75) is 62.6 Å². The molecule has 0 bridgehead atoms. The van der Waals surface area contributed by atoms with Crippen LogP contribution in [-0.2, 0) is 36.1 Å². The number of benzene rings is 2. The molecule has 0 spiro atoms. The third kappa shape index (κ3) is 8.16. The van der Waals surface area contributed by atoms with E-state index in [0.29, 0.717) is 42.4 Å². The number of hydrogen-bond acceptors (Lipinski definition) is 5. The predicted molar refractivity (Wildman–Crippen MR) is 153 cm³/mol. The number of ether oxygens (including phenoxy) is 1. The minimum absolute atomic E-state index is 0.00649. The first kappa shape index (κ1) is 31.6. The quantitative estimate of drug-likeness (QED) is 0.159. The van der Waals surface area contributed by atoms with Crippen LogP contribution >= 0.6 is 23.4 Å². The fourth-order valence-corrected chi connectivity index (χ4v) is 5.80. The van der Waals surface area contributed by atoms with Crippen LogP contribution in [0.25, 0.3) is 0 Å². The zero-order chi connectivity index (χ0) is 30.7. The van der Waals surface area contributed by atoms with Gasteiger partial charge in [-0.25, -0.2) is 4.79 Å². The number of hydrogen-bond donors (Lipinski definition) is 0. The van der Waals surface area contributed by atoms with Crippen molar-refractivity contribution in [1.82, 2.24) is 15.0 Å². The average Bonchev–Trinajstić information content (AvgIpc) is 3.14. The van der Waals surface area contributed by atoms with E-state index >= 15 is 0 Å². The van der Waals surface area contributed by atoms with E-state index in [1.807, 2.05) is 32.9 Å². The molecule has 3 aromatic rings. The van der Waals surface area contributed by atoms with Gasteiger partial charge in [-0.05, 0) is 80.6 Å². The molecule has 2 heterocycles. The second-order valence-corrected chi connectivity index (χ2v) is 12.2. The van der Waals surface area contributed by atoms with Crippen molar-refractivity contribution in [3.8, 4) is 0 Å². The number of alkyl halides is 3. The Morgan fingerprint density at radius 1 is 1.02 bits per heavy atom. The highest BCUT2D eigenvalue weighted by Crippen LogP contribution is 2.36. The highest BCUT2D eigenvalue weighted by atomic mass is 35.5. The minimum atomic E-state index is -4.50. The first-order chi connectivity index (χ1) is 19.7. The number of carbonyl (C=O) groups excluding carboxylic acids is 2. The Bertz CT molecular complexity index is 1430. The molecule has 2 amide bonds. The van der Waals surface area contributed by atoms with Crippen LogP contribution in [0, 0.1) is 0 Å². The number of halogens is 5. The SMILES string of the molecule is CC(C)(C)OC(=O)N1CCc2ccc(Cl)c(SCc3ccc(C(=O)N(F)Cc4ccc(C(F)(F)F)cc4)cn3)c2CC1. The molecule has 0 N–H and O–H groups in total. The lowest BCUT2D eigenvalue weighted by atomic mass is 10.0. The van der Waals surface area contributed by atoms with Gasteiger partial charge in [-0.2, -0.15) is 18.3 Å². The van der Waals surface area contributed by atoms with Gasteiger partial charge < -0.3 is 9.64 Å². The molecule has 42 heavy (non-hydrogen) atoms. The van der Waals surface area contributed by atoms with Gasteiger partial charge in [0.2, 0.25) is 0 Å². The maximum atomic E-state index is 14.6. The van der Waals surface area contributed by atoms with Crippen LogP contribution in [0.1, 0.15) is 59.1 Å². The lowest BCUT2D eigenvalue weighted by Crippen LogP contribution is -2.38. The van der Waals surface area contributed by atoms with Crippen LogP contribution in [0.2, 0.25) is 5.02 Å². The number of thioether (sulfide) groups is 1. The lowest BCUT2D eigenvalue weighted by Gasteiger charge is -2.26. The van der Waals surface area contributed by atoms with Crippen LogP contribution in [-0.4, -0.2) is 45.7 Å². The zero-order valence-electron chi connectivity index (χ0n) is 23.3. The van der Waals surface area contributed by atoms with Crippen molar-refractivity contribution >= 4 is 35.4 Å². The second-order valence-electron chi connectivity index (χ2n) is 10.8. The molecule has 0 saturated carbocycles. The van der Waals surface area contributed by atoms with Crippen LogP contribution in [0.4, 0.5) is 22.4 Å². The predicted octanol–water partition coefficient (Wildman–Crippen LogP) is 7.91. The lowest BCUT2D eigenvalue weighted by molar-refractivity contribution is -0.137. The molecule has 0 aliphatic carbocycles. The van der Waals surface area contributed by atoms with Crippen LogP contribution < -0.4 is 0 Å². The Balaban J connectivity index is 1.37. The van der Waals surface area contributed by atoms with Crippen molar-refractivity contribution in [1.29, 1.82) is 0 Å². The summed E-state index contributed by atoms with van der Waals surface area (Å²) in [6.07, 6.45) is -2.29. The molecule has 224 valence electrons. The monoisotopic (exact) mass is 623 g/mol.